The lowest BCUT2D eigenvalue weighted by Gasteiger charge is -2.26. The predicted octanol–water partition coefficient (Wildman–Crippen LogP) is 2.42. The van der Waals surface area contributed by atoms with E-state index in [-0.39, 0.29) is 11.3 Å². The molecule has 1 fully saturated rings. The van der Waals surface area contributed by atoms with Crippen LogP contribution in [0.3, 0.4) is 0 Å². The van der Waals surface area contributed by atoms with Gasteiger partial charge in [0.2, 0.25) is 0 Å². The van der Waals surface area contributed by atoms with Crippen molar-refractivity contribution < 1.29 is 19.4 Å². The largest absolute Gasteiger partial charge is 0.506 e. The molecule has 0 unspecified atom stereocenters. The molecule has 1 aliphatic heterocycles. The first-order valence-corrected chi connectivity index (χ1v) is 7.93. The van der Waals surface area contributed by atoms with Crippen LogP contribution in [0.15, 0.2) is 36.4 Å². The number of phenolic OH excluding ortho intramolecular Hbond substituents is 1. The summed E-state index contributed by atoms with van der Waals surface area (Å²) in [6.45, 7) is 4.64. The van der Waals surface area contributed by atoms with Crippen molar-refractivity contribution in [3.05, 3.63) is 42.0 Å². The van der Waals surface area contributed by atoms with Gasteiger partial charge >= 0.3 is 5.97 Å². The molecule has 3 rings (SSSR count). The van der Waals surface area contributed by atoms with Gasteiger partial charge in [0, 0.05) is 25.0 Å². The van der Waals surface area contributed by atoms with Gasteiger partial charge in [-0.05, 0) is 17.9 Å². The van der Waals surface area contributed by atoms with E-state index in [1.165, 1.54) is 0 Å². The summed E-state index contributed by atoms with van der Waals surface area (Å²) in [5.41, 5.74) is 0.218. The molecule has 1 N–H and O–H groups in total. The lowest BCUT2D eigenvalue weighted by molar-refractivity contribution is 0.0297. The Labute approximate surface area is 135 Å². The van der Waals surface area contributed by atoms with Crippen molar-refractivity contribution in [2.75, 3.05) is 39.5 Å². The molecule has 0 aromatic heterocycles. The Morgan fingerprint density at radius 3 is 2.78 bits per heavy atom. The van der Waals surface area contributed by atoms with Crippen molar-refractivity contribution in [3.63, 3.8) is 0 Å². The second-order valence-corrected chi connectivity index (χ2v) is 5.63. The number of benzene rings is 2. The molecule has 0 aliphatic carbocycles. The Balaban J connectivity index is 1.55. The van der Waals surface area contributed by atoms with E-state index in [0.29, 0.717) is 12.0 Å². The lowest BCUT2D eigenvalue weighted by atomic mass is 10.1. The Hall–Kier alpha value is -2.11. The monoisotopic (exact) mass is 315 g/mol. The molecular formula is C18H21NO4. The molecule has 0 amide bonds. The van der Waals surface area contributed by atoms with Crippen molar-refractivity contribution in [1.29, 1.82) is 0 Å². The first kappa shape index (κ1) is 15.8. The van der Waals surface area contributed by atoms with Crippen LogP contribution in [-0.4, -0.2) is 55.4 Å². The van der Waals surface area contributed by atoms with Crippen LogP contribution in [0.25, 0.3) is 10.8 Å². The van der Waals surface area contributed by atoms with Crippen molar-refractivity contribution in [3.8, 4) is 5.75 Å². The molecule has 0 saturated carbocycles. The summed E-state index contributed by atoms with van der Waals surface area (Å²) in [6.07, 6.45) is 0.778. The Morgan fingerprint density at radius 1 is 1.17 bits per heavy atom. The van der Waals surface area contributed by atoms with Crippen LogP contribution in [-0.2, 0) is 9.47 Å². The molecule has 5 heteroatoms. The molecule has 0 spiro atoms. The third-order valence-corrected chi connectivity index (χ3v) is 4.08. The van der Waals surface area contributed by atoms with Gasteiger partial charge in [-0.1, -0.05) is 30.3 Å². The summed E-state index contributed by atoms with van der Waals surface area (Å²) in [7, 11) is 0. The molecule has 122 valence electrons. The molecule has 2 aromatic carbocycles. The molecular weight excluding hydrogens is 294 g/mol. The number of phenols is 1. The zero-order valence-corrected chi connectivity index (χ0v) is 13.0. The number of hydrogen-bond donors (Lipinski definition) is 1. The maximum atomic E-state index is 12.1. The van der Waals surface area contributed by atoms with Crippen molar-refractivity contribution >= 4 is 16.7 Å². The minimum atomic E-state index is -0.477. The van der Waals surface area contributed by atoms with E-state index in [1.54, 1.807) is 12.1 Å². The highest BCUT2D eigenvalue weighted by molar-refractivity contribution is 6.01. The van der Waals surface area contributed by atoms with Gasteiger partial charge in [0.1, 0.15) is 11.3 Å². The molecule has 5 nitrogen and oxygen atoms in total. The van der Waals surface area contributed by atoms with E-state index < -0.39 is 5.97 Å². The number of morpholine rings is 1. The minimum Gasteiger partial charge on any atom is -0.506 e. The molecule has 2 aromatic rings. The standard InChI is InChI=1S/C18H21NO4/c20-17-15-5-2-1-4-14(15)6-7-16(17)18(21)23-11-3-8-19-9-12-22-13-10-19/h1-2,4-7,20H,3,8-13H2. The maximum Gasteiger partial charge on any atom is 0.341 e. The Bertz CT molecular complexity index is 680. The van der Waals surface area contributed by atoms with Crippen molar-refractivity contribution in [2.24, 2.45) is 0 Å². The number of aromatic hydroxyl groups is 1. The third-order valence-electron chi connectivity index (χ3n) is 4.08. The summed E-state index contributed by atoms with van der Waals surface area (Å²) in [6, 6.07) is 10.8. The fourth-order valence-electron chi connectivity index (χ4n) is 2.78. The van der Waals surface area contributed by atoms with Crippen LogP contribution in [0.4, 0.5) is 0 Å². The van der Waals surface area contributed by atoms with Gasteiger partial charge in [-0.15, -0.1) is 0 Å². The Kier molecular flexibility index (Phi) is 5.10. The summed E-state index contributed by atoms with van der Waals surface area (Å²) < 4.78 is 10.6. The first-order valence-electron chi connectivity index (χ1n) is 7.93. The third kappa shape index (κ3) is 3.81. The quantitative estimate of drug-likeness (QED) is 0.678. The smallest absolute Gasteiger partial charge is 0.341 e. The maximum absolute atomic E-state index is 12.1. The van der Waals surface area contributed by atoms with E-state index in [1.807, 2.05) is 24.3 Å². The lowest BCUT2D eigenvalue weighted by Crippen LogP contribution is -2.37. The zero-order valence-electron chi connectivity index (χ0n) is 13.0. The minimum absolute atomic E-state index is 0.0127. The molecule has 0 radical (unpaired) electrons. The number of esters is 1. The van der Waals surface area contributed by atoms with Gasteiger partial charge in [0.15, 0.2) is 0 Å². The van der Waals surface area contributed by atoms with Crippen molar-refractivity contribution in [1.82, 2.24) is 4.90 Å². The predicted molar refractivity (Wildman–Crippen MR) is 87.8 cm³/mol. The van der Waals surface area contributed by atoms with Gasteiger partial charge in [-0.3, -0.25) is 4.90 Å². The molecule has 0 atom stereocenters. The van der Waals surface area contributed by atoms with Crippen LogP contribution >= 0.6 is 0 Å². The number of hydrogen-bond acceptors (Lipinski definition) is 5. The topological polar surface area (TPSA) is 59.0 Å². The number of carbonyl (C=O) groups is 1. The van der Waals surface area contributed by atoms with Crippen LogP contribution in [0.2, 0.25) is 0 Å². The SMILES string of the molecule is O=C(OCCCN1CCOCC1)c1ccc2ccccc2c1O. The molecule has 1 heterocycles. The molecule has 1 saturated heterocycles. The van der Waals surface area contributed by atoms with E-state index in [2.05, 4.69) is 4.90 Å². The average Bonchev–Trinajstić information content (AvgIpc) is 2.60. The summed E-state index contributed by atoms with van der Waals surface area (Å²) in [5.74, 6) is -0.489. The fourth-order valence-corrected chi connectivity index (χ4v) is 2.78. The van der Waals surface area contributed by atoms with E-state index in [9.17, 15) is 9.90 Å². The highest BCUT2D eigenvalue weighted by Crippen LogP contribution is 2.28. The van der Waals surface area contributed by atoms with Crippen LogP contribution in [0.5, 0.6) is 5.75 Å². The highest BCUT2D eigenvalue weighted by atomic mass is 16.5. The number of rotatable bonds is 5. The Morgan fingerprint density at radius 2 is 1.96 bits per heavy atom. The normalized spacial score (nSPS) is 15.7. The molecule has 23 heavy (non-hydrogen) atoms. The van der Waals surface area contributed by atoms with Gasteiger partial charge in [-0.25, -0.2) is 4.79 Å². The second-order valence-electron chi connectivity index (χ2n) is 5.63. The van der Waals surface area contributed by atoms with E-state index in [4.69, 9.17) is 9.47 Å². The molecule has 1 aliphatic rings. The van der Waals surface area contributed by atoms with E-state index in [0.717, 1.165) is 44.7 Å². The second kappa shape index (κ2) is 7.44. The van der Waals surface area contributed by atoms with Gasteiger partial charge in [0.05, 0.1) is 19.8 Å². The van der Waals surface area contributed by atoms with Gasteiger partial charge < -0.3 is 14.6 Å². The summed E-state index contributed by atoms with van der Waals surface area (Å²) >= 11 is 0. The van der Waals surface area contributed by atoms with Gasteiger partial charge in [-0.2, -0.15) is 0 Å². The summed E-state index contributed by atoms with van der Waals surface area (Å²) in [4.78, 5) is 14.4. The average molecular weight is 315 g/mol. The van der Waals surface area contributed by atoms with Crippen LogP contribution in [0, 0.1) is 0 Å². The fraction of sp³-hybridized carbons (Fsp3) is 0.389. The van der Waals surface area contributed by atoms with Gasteiger partial charge in [0.25, 0.3) is 0 Å². The zero-order chi connectivity index (χ0) is 16.1. The van der Waals surface area contributed by atoms with Crippen LogP contribution in [0.1, 0.15) is 16.8 Å². The number of fused-ring (bicyclic) bond motifs is 1. The van der Waals surface area contributed by atoms with Crippen molar-refractivity contribution in [2.45, 2.75) is 6.42 Å². The molecule has 0 bridgehead atoms. The number of nitrogens with zero attached hydrogens (tertiary/aromatic N) is 1. The van der Waals surface area contributed by atoms with Crippen LogP contribution < -0.4 is 0 Å². The van der Waals surface area contributed by atoms with E-state index >= 15 is 0 Å². The summed E-state index contributed by atoms with van der Waals surface area (Å²) in [5, 5.41) is 11.8. The first-order chi connectivity index (χ1) is 11.3. The number of carbonyl (C=O) groups excluding carboxylic acids is 1. The highest BCUT2D eigenvalue weighted by Gasteiger charge is 2.15. The number of ether oxygens (including phenoxy) is 2.